The summed E-state index contributed by atoms with van der Waals surface area (Å²) in [5.74, 6) is -0.187. The van der Waals surface area contributed by atoms with Gasteiger partial charge in [0.05, 0.1) is 16.9 Å². The van der Waals surface area contributed by atoms with Crippen LogP contribution in [-0.2, 0) is 9.53 Å². The van der Waals surface area contributed by atoms with Crippen molar-refractivity contribution in [3.8, 4) is 0 Å². The molecule has 1 aliphatic rings. The van der Waals surface area contributed by atoms with Crippen LogP contribution in [0, 0.1) is 16.0 Å². The van der Waals surface area contributed by atoms with Crippen LogP contribution >= 0.6 is 11.8 Å². The Hall–Kier alpha value is -2.09. The van der Waals surface area contributed by atoms with Gasteiger partial charge in [-0.3, -0.25) is 14.9 Å². The first-order chi connectivity index (χ1) is 12.4. The molecule has 1 saturated heterocycles. The van der Waals surface area contributed by atoms with Gasteiger partial charge in [0, 0.05) is 23.4 Å². The highest BCUT2D eigenvalue weighted by Gasteiger charge is 2.44. The summed E-state index contributed by atoms with van der Waals surface area (Å²) in [6.07, 6.45) is 1.69. The Balaban J connectivity index is 2.27. The third-order valence-corrected chi connectivity index (χ3v) is 5.78. The number of rotatable bonds is 7. The predicted molar refractivity (Wildman–Crippen MR) is 100 cm³/mol. The molecule has 7 nitrogen and oxygen atoms in total. The molecule has 2 rings (SSSR count). The number of thioether (sulfide) groups is 1. The van der Waals surface area contributed by atoms with E-state index in [0.717, 1.165) is 12.8 Å². The summed E-state index contributed by atoms with van der Waals surface area (Å²) >= 11 is 1.54. The predicted octanol–water partition coefficient (Wildman–Crippen LogP) is 3.48. The molecule has 1 heterocycles. The number of hydrogen-bond acceptors (Lipinski definition) is 6. The van der Waals surface area contributed by atoms with Gasteiger partial charge in [-0.15, -0.1) is 11.8 Å². The van der Waals surface area contributed by atoms with Crippen molar-refractivity contribution in [2.45, 2.75) is 45.0 Å². The number of nitro groups is 1. The molecule has 0 spiro atoms. The molecule has 142 valence electrons. The zero-order chi connectivity index (χ0) is 19.3. The molecule has 0 bridgehead atoms. The Morgan fingerprint density at radius 1 is 1.42 bits per heavy atom. The number of unbranched alkanes of at least 4 members (excludes halogenated alkanes) is 1. The first-order valence-corrected chi connectivity index (χ1v) is 9.77. The van der Waals surface area contributed by atoms with Gasteiger partial charge in [-0.1, -0.05) is 33.3 Å². The van der Waals surface area contributed by atoms with Gasteiger partial charge in [-0.25, -0.2) is 4.79 Å². The van der Waals surface area contributed by atoms with E-state index in [4.69, 9.17) is 4.74 Å². The van der Waals surface area contributed by atoms with Crippen LogP contribution < -0.4 is 0 Å². The number of carbonyl (C=O) groups is 2. The summed E-state index contributed by atoms with van der Waals surface area (Å²) in [4.78, 5) is 37.5. The quantitative estimate of drug-likeness (QED) is 0.311. The SMILES string of the molecule is CCCCOC(=O)[C@H]1CS[C@H](C(C)C)N1C(=O)c1cccc([N+](=O)[O-])c1. The summed E-state index contributed by atoms with van der Waals surface area (Å²) in [7, 11) is 0. The largest absolute Gasteiger partial charge is 0.464 e. The number of nitro benzene ring substituents is 1. The molecule has 0 unspecified atom stereocenters. The maximum atomic E-state index is 13.1. The van der Waals surface area contributed by atoms with Crippen LogP contribution in [0.25, 0.3) is 0 Å². The van der Waals surface area contributed by atoms with Crippen molar-refractivity contribution >= 4 is 29.3 Å². The Kier molecular flexibility index (Phi) is 7.02. The Labute approximate surface area is 157 Å². The zero-order valence-electron chi connectivity index (χ0n) is 15.2. The second-order valence-electron chi connectivity index (χ2n) is 6.52. The molecule has 1 aromatic carbocycles. The molecule has 0 aliphatic carbocycles. The lowest BCUT2D eigenvalue weighted by Crippen LogP contribution is -2.47. The van der Waals surface area contributed by atoms with Gasteiger partial charge in [0.15, 0.2) is 0 Å². The number of carbonyl (C=O) groups excluding carboxylic acids is 2. The van der Waals surface area contributed by atoms with E-state index in [1.165, 1.54) is 40.9 Å². The summed E-state index contributed by atoms with van der Waals surface area (Å²) in [6.45, 7) is 6.31. The van der Waals surface area contributed by atoms with Gasteiger partial charge >= 0.3 is 5.97 Å². The minimum absolute atomic E-state index is 0.135. The third kappa shape index (κ3) is 4.55. The number of nitrogens with zero attached hydrogens (tertiary/aromatic N) is 2. The second-order valence-corrected chi connectivity index (χ2v) is 7.67. The van der Waals surface area contributed by atoms with Crippen molar-refractivity contribution in [2.75, 3.05) is 12.4 Å². The van der Waals surface area contributed by atoms with Crippen molar-refractivity contribution in [1.29, 1.82) is 0 Å². The van der Waals surface area contributed by atoms with Crippen molar-refractivity contribution in [1.82, 2.24) is 4.90 Å². The molecular weight excluding hydrogens is 356 g/mol. The number of ether oxygens (including phenoxy) is 1. The fourth-order valence-electron chi connectivity index (χ4n) is 2.79. The van der Waals surface area contributed by atoms with E-state index >= 15 is 0 Å². The highest BCUT2D eigenvalue weighted by molar-refractivity contribution is 8.00. The maximum absolute atomic E-state index is 13.1. The topological polar surface area (TPSA) is 89.8 Å². The fraction of sp³-hybridized carbons (Fsp3) is 0.556. The van der Waals surface area contributed by atoms with Gasteiger partial charge in [0.2, 0.25) is 0 Å². The summed E-state index contributed by atoms with van der Waals surface area (Å²) in [5.41, 5.74) is 0.0598. The molecule has 1 aliphatic heterocycles. The van der Waals surface area contributed by atoms with E-state index in [0.29, 0.717) is 12.4 Å². The van der Waals surface area contributed by atoms with Crippen molar-refractivity contribution in [3.63, 3.8) is 0 Å². The first-order valence-electron chi connectivity index (χ1n) is 8.72. The van der Waals surface area contributed by atoms with Crippen LogP contribution in [0.5, 0.6) is 0 Å². The standard InChI is InChI=1S/C18H24N2O5S/c1-4-5-9-25-18(22)15-11-26-17(12(2)3)19(15)16(21)13-7-6-8-14(10-13)20(23)24/h6-8,10,12,15,17H,4-5,9,11H2,1-3H3/t15-,17-/m1/s1. The second kappa shape index (κ2) is 9.02. The van der Waals surface area contributed by atoms with E-state index in [2.05, 4.69) is 0 Å². The van der Waals surface area contributed by atoms with Crippen LogP contribution in [0.4, 0.5) is 5.69 Å². The highest BCUT2D eigenvalue weighted by Crippen LogP contribution is 2.36. The van der Waals surface area contributed by atoms with Crippen LogP contribution in [0.3, 0.4) is 0 Å². The molecule has 0 aromatic heterocycles. The number of non-ortho nitro benzene ring substituents is 1. The normalized spacial score (nSPS) is 19.6. The highest BCUT2D eigenvalue weighted by atomic mass is 32.2. The van der Waals surface area contributed by atoms with Gasteiger partial charge < -0.3 is 9.64 Å². The van der Waals surface area contributed by atoms with Crippen LogP contribution in [0.2, 0.25) is 0 Å². The Morgan fingerprint density at radius 2 is 2.15 bits per heavy atom. The molecule has 1 amide bonds. The molecule has 1 aromatic rings. The van der Waals surface area contributed by atoms with E-state index in [1.54, 1.807) is 0 Å². The average Bonchev–Trinajstić information content (AvgIpc) is 3.06. The zero-order valence-corrected chi connectivity index (χ0v) is 16.0. The molecular formula is C18H24N2O5S. The van der Waals surface area contributed by atoms with Crippen LogP contribution in [-0.4, -0.2) is 45.5 Å². The minimum atomic E-state index is -0.670. The lowest BCUT2D eigenvalue weighted by molar-refractivity contribution is -0.384. The molecule has 26 heavy (non-hydrogen) atoms. The smallest absolute Gasteiger partial charge is 0.329 e. The molecule has 1 fully saturated rings. The monoisotopic (exact) mass is 380 g/mol. The van der Waals surface area contributed by atoms with Gasteiger partial charge in [-0.05, 0) is 18.4 Å². The van der Waals surface area contributed by atoms with Gasteiger partial charge in [-0.2, -0.15) is 0 Å². The van der Waals surface area contributed by atoms with Gasteiger partial charge in [0.25, 0.3) is 11.6 Å². The lowest BCUT2D eigenvalue weighted by atomic mass is 10.1. The molecule has 2 atom stereocenters. The van der Waals surface area contributed by atoms with Crippen LogP contribution in [0.15, 0.2) is 24.3 Å². The van der Waals surface area contributed by atoms with Crippen molar-refractivity contribution < 1.29 is 19.2 Å². The number of esters is 1. The lowest BCUT2D eigenvalue weighted by Gasteiger charge is -2.30. The number of hydrogen-bond donors (Lipinski definition) is 0. The summed E-state index contributed by atoms with van der Waals surface area (Å²) in [6, 6.07) is 4.94. The van der Waals surface area contributed by atoms with E-state index < -0.39 is 16.9 Å². The number of benzene rings is 1. The minimum Gasteiger partial charge on any atom is -0.464 e. The van der Waals surface area contributed by atoms with Crippen LogP contribution in [0.1, 0.15) is 44.0 Å². The fourth-order valence-corrected chi connectivity index (χ4v) is 4.26. The maximum Gasteiger partial charge on any atom is 0.329 e. The van der Waals surface area contributed by atoms with E-state index in [1.807, 2.05) is 20.8 Å². The van der Waals surface area contributed by atoms with Gasteiger partial charge in [0.1, 0.15) is 6.04 Å². The summed E-state index contributed by atoms with van der Waals surface area (Å²) < 4.78 is 5.32. The molecule has 0 radical (unpaired) electrons. The Morgan fingerprint density at radius 3 is 2.77 bits per heavy atom. The van der Waals surface area contributed by atoms with E-state index in [9.17, 15) is 19.7 Å². The third-order valence-electron chi connectivity index (χ3n) is 4.16. The molecule has 0 N–H and O–H groups in total. The van der Waals surface area contributed by atoms with Crippen molar-refractivity contribution in [3.05, 3.63) is 39.9 Å². The first kappa shape index (κ1) is 20.2. The number of amides is 1. The van der Waals surface area contributed by atoms with Crippen molar-refractivity contribution in [2.24, 2.45) is 5.92 Å². The molecule has 0 saturated carbocycles. The Bertz CT molecular complexity index is 679. The average molecular weight is 380 g/mol. The molecule has 8 heteroatoms. The van der Waals surface area contributed by atoms with E-state index in [-0.39, 0.29) is 28.4 Å². The summed E-state index contributed by atoms with van der Waals surface area (Å²) in [5, 5.41) is 10.8.